The quantitative estimate of drug-likeness (QED) is 0.454. The number of amides is 1. The summed E-state index contributed by atoms with van der Waals surface area (Å²) < 4.78 is 5.31. The molecule has 0 aromatic heterocycles. The second kappa shape index (κ2) is 8.46. The Morgan fingerprint density at radius 2 is 1.96 bits per heavy atom. The number of hydrogen-bond donors (Lipinski definition) is 1. The molecule has 2 atom stereocenters. The van der Waals surface area contributed by atoms with Crippen LogP contribution in [0.2, 0.25) is 0 Å². The Morgan fingerprint density at radius 1 is 1.22 bits per heavy atom. The molecule has 1 aliphatic rings. The fourth-order valence-corrected chi connectivity index (χ4v) is 2.66. The van der Waals surface area contributed by atoms with E-state index in [9.17, 15) is 14.4 Å². The maximum atomic E-state index is 11.9. The summed E-state index contributed by atoms with van der Waals surface area (Å²) in [4.78, 5) is 35.5. The van der Waals surface area contributed by atoms with E-state index in [-0.39, 0.29) is 18.3 Å². The third-order valence-electron chi connectivity index (χ3n) is 3.92. The van der Waals surface area contributed by atoms with Gasteiger partial charge in [-0.15, -0.1) is 0 Å². The number of nitrogens with one attached hydrogen (secondary N) is 1. The lowest BCUT2D eigenvalue weighted by Crippen LogP contribution is -2.38. The largest absolute Gasteiger partial charge is 0.456 e. The van der Waals surface area contributed by atoms with Crippen molar-refractivity contribution in [2.24, 2.45) is 0 Å². The van der Waals surface area contributed by atoms with Crippen molar-refractivity contribution in [3.63, 3.8) is 0 Å². The Bertz CT molecular complexity index is 555. The molecule has 0 radical (unpaired) electrons. The predicted octanol–water partition coefficient (Wildman–Crippen LogP) is 2.70. The summed E-state index contributed by atoms with van der Waals surface area (Å²) in [5.74, 6) is -0.922. The number of ether oxygens (including phenoxy) is 1. The monoisotopic (exact) mass is 317 g/mol. The van der Waals surface area contributed by atoms with Gasteiger partial charge in [-0.1, -0.05) is 50.1 Å². The van der Waals surface area contributed by atoms with Crippen molar-refractivity contribution >= 4 is 17.7 Å². The molecule has 5 nitrogen and oxygen atoms in total. The molecule has 1 amide bonds. The van der Waals surface area contributed by atoms with Crippen LogP contribution >= 0.6 is 0 Å². The van der Waals surface area contributed by atoms with Gasteiger partial charge in [0.1, 0.15) is 17.9 Å². The van der Waals surface area contributed by atoms with Gasteiger partial charge in [-0.2, -0.15) is 0 Å². The fourth-order valence-electron chi connectivity index (χ4n) is 2.66. The summed E-state index contributed by atoms with van der Waals surface area (Å²) in [6, 6.07) is 8.76. The Hall–Kier alpha value is -2.17. The molecule has 1 fully saturated rings. The van der Waals surface area contributed by atoms with Crippen molar-refractivity contribution in [2.45, 2.75) is 57.6 Å². The summed E-state index contributed by atoms with van der Waals surface area (Å²) in [6.07, 6.45) is 3.15. The number of ketones is 1. The number of rotatable bonds is 8. The van der Waals surface area contributed by atoms with Gasteiger partial charge in [-0.05, 0) is 12.0 Å². The zero-order valence-electron chi connectivity index (χ0n) is 13.4. The molecule has 1 aromatic rings. The summed E-state index contributed by atoms with van der Waals surface area (Å²) in [5, 5.41) is 2.62. The highest BCUT2D eigenvalue weighted by atomic mass is 16.6. The maximum Gasteiger partial charge on any atom is 0.329 e. The molecule has 0 saturated carbocycles. The van der Waals surface area contributed by atoms with E-state index in [4.69, 9.17) is 4.74 Å². The van der Waals surface area contributed by atoms with Gasteiger partial charge in [0.25, 0.3) is 0 Å². The SMILES string of the molecule is CCCCCC(=O)CC(=O)N[C@@H]1C[C@H](c2ccccc2)OC1=O. The van der Waals surface area contributed by atoms with Crippen LogP contribution in [0.1, 0.15) is 57.1 Å². The highest BCUT2D eigenvalue weighted by molar-refractivity contribution is 5.99. The van der Waals surface area contributed by atoms with Gasteiger partial charge in [0.2, 0.25) is 5.91 Å². The average Bonchev–Trinajstić information content (AvgIpc) is 2.89. The first kappa shape index (κ1) is 17.2. The lowest BCUT2D eigenvalue weighted by atomic mass is 10.0. The topological polar surface area (TPSA) is 72.5 Å². The van der Waals surface area contributed by atoms with Crippen LogP contribution in [0.3, 0.4) is 0 Å². The van der Waals surface area contributed by atoms with E-state index < -0.39 is 17.9 Å². The number of cyclic esters (lactones) is 1. The number of Topliss-reactive ketones (excluding diaryl/α,β-unsaturated/α-hetero) is 1. The van der Waals surface area contributed by atoms with Crippen LogP contribution in [0, 0.1) is 0 Å². The summed E-state index contributed by atoms with van der Waals surface area (Å²) in [7, 11) is 0. The number of esters is 1. The molecule has 1 saturated heterocycles. The number of benzene rings is 1. The van der Waals surface area contributed by atoms with Gasteiger partial charge in [-0.3, -0.25) is 9.59 Å². The lowest BCUT2D eigenvalue weighted by molar-refractivity contribution is -0.144. The molecule has 2 rings (SSSR count). The zero-order valence-corrected chi connectivity index (χ0v) is 13.4. The molecule has 1 aliphatic heterocycles. The van der Waals surface area contributed by atoms with Gasteiger partial charge in [0.05, 0.1) is 6.42 Å². The van der Waals surface area contributed by atoms with E-state index >= 15 is 0 Å². The first-order valence-corrected chi connectivity index (χ1v) is 8.16. The van der Waals surface area contributed by atoms with Gasteiger partial charge in [0, 0.05) is 12.8 Å². The molecule has 5 heteroatoms. The minimum absolute atomic E-state index is 0.0816. The van der Waals surface area contributed by atoms with Crippen LogP contribution in [0.25, 0.3) is 0 Å². The van der Waals surface area contributed by atoms with E-state index in [0.717, 1.165) is 24.8 Å². The van der Waals surface area contributed by atoms with Crippen molar-refractivity contribution in [2.75, 3.05) is 0 Å². The van der Waals surface area contributed by atoms with Gasteiger partial charge < -0.3 is 10.1 Å². The average molecular weight is 317 g/mol. The highest BCUT2D eigenvalue weighted by Crippen LogP contribution is 2.29. The molecule has 0 unspecified atom stereocenters. The third-order valence-corrected chi connectivity index (χ3v) is 3.92. The normalized spacial score (nSPS) is 20.1. The highest BCUT2D eigenvalue weighted by Gasteiger charge is 2.36. The first-order valence-electron chi connectivity index (χ1n) is 8.16. The number of hydrogen-bond acceptors (Lipinski definition) is 4. The predicted molar refractivity (Wildman–Crippen MR) is 85.6 cm³/mol. The van der Waals surface area contributed by atoms with Gasteiger partial charge in [0.15, 0.2) is 0 Å². The Balaban J connectivity index is 1.80. The Kier molecular flexibility index (Phi) is 6.32. The van der Waals surface area contributed by atoms with Crippen LogP contribution in [0.5, 0.6) is 0 Å². The van der Waals surface area contributed by atoms with Crippen LogP contribution in [-0.4, -0.2) is 23.7 Å². The van der Waals surface area contributed by atoms with Crippen molar-refractivity contribution in [1.29, 1.82) is 0 Å². The van der Waals surface area contributed by atoms with E-state index in [2.05, 4.69) is 12.2 Å². The Labute approximate surface area is 136 Å². The molecule has 0 aliphatic carbocycles. The smallest absolute Gasteiger partial charge is 0.329 e. The molecule has 1 aromatic carbocycles. The van der Waals surface area contributed by atoms with E-state index in [1.165, 1.54) is 0 Å². The minimum Gasteiger partial charge on any atom is -0.456 e. The number of carbonyl (C=O) groups is 3. The summed E-state index contributed by atoms with van der Waals surface area (Å²) in [5.41, 5.74) is 0.910. The first-order chi connectivity index (χ1) is 11.1. The second-order valence-electron chi connectivity index (χ2n) is 5.86. The van der Waals surface area contributed by atoms with Crippen LogP contribution < -0.4 is 5.32 Å². The van der Waals surface area contributed by atoms with Crippen LogP contribution in [0.15, 0.2) is 30.3 Å². The fraction of sp³-hybridized carbons (Fsp3) is 0.500. The summed E-state index contributed by atoms with van der Waals surface area (Å²) in [6.45, 7) is 2.06. The van der Waals surface area contributed by atoms with E-state index in [1.807, 2.05) is 30.3 Å². The standard InChI is InChI=1S/C18H23NO4/c1-2-3-5-10-14(20)11-17(21)19-15-12-16(23-18(15)22)13-8-6-4-7-9-13/h4,6-9,15-16H,2-3,5,10-12H2,1H3,(H,19,21)/t15-,16-/m1/s1. The number of unbranched alkanes of at least 4 members (excludes halogenated alkanes) is 2. The molecule has 1 N–H and O–H groups in total. The third kappa shape index (κ3) is 5.20. The van der Waals surface area contributed by atoms with Gasteiger partial charge >= 0.3 is 5.97 Å². The molecular weight excluding hydrogens is 294 g/mol. The van der Waals surface area contributed by atoms with E-state index in [1.54, 1.807) is 0 Å². The Morgan fingerprint density at radius 3 is 2.65 bits per heavy atom. The van der Waals surface area contributed by atoms with Gasteiger partial charge in [-0.25, -0.2) is 4.79 Å². The van der Waals surface area contributed by atoms with Crippen LogP contribution in [-0.2, 0) is 19.1 Å². The maximum absolute atomic E-state index is 11.9. The van der Waals surface area contributed by atoms with E-state index in [0.29, 0.717) is 12.8 Å². The molecule has 1 heterocycles. The molecule has 0 bridgehead atoms. The minimum atomic E-state index is -0.670. The van der Waals surface area contributed by atoms with Crippen molar-refractivity contribution in [3.8, 4) is 0 Å². The van der Waals surface area contributed by atoms with Crippen LogP contribution in [0.4, 0.5) is 0 Å². The molecular formula is C18H23NO4. The molecule has 124 valence electrons. The molecule has 23 heavy (non-hydrogen) atoms. The van der Waals surface area contributed by atoms with Crippen molar-refractivity contribution < 1.29 is 19.1 Å². The molecule has 0 spiro atoms. The number of carbonyl (C=O) groups excluding carboxylic acids is 3. The summed E-state index contributed by atoms with van der Waals surface area (Å²) >= 11 is 0. The van der Waals surface area contributed by atoms with Crippen molar-refractivity contribution in [1.82, 2.24) is 5.32 Å². The lowest BCUT2D eigenvalue weighted by Gasteiger charge is -2.09. The second-order valence-corrected chi connectivity index (χ2v) is 5.86. The zero-order chi connectivity index (χ0) is 16.7. The van der Waals surface area contributed by atoms with Crippen molar-refractivity contribution in [3.05, 3.63) is 35.9 Å².